The highest BCUT2D eigenvalue weighted by Crippen LogP contribution is 2.22. The number of hydrogen-bond donors (Lipinski definition) is 2. The molecule has 0 aliphatic carbocycles. The summed E-state index contributed by atoms with van der Waals surface area (Å²) in [6.07, 6.45) is -3.33. The molecule has 16 heavy (non-hydrogen) atoms. The minimum Gasteiger partial charge on any atom is -0.368 e. The molecule has 0 aromatic rings. The number of nitrogens with one attached hydrogen (secondary N) is 1. The van der Waals surface area contributed by atoms with Crippen LogP contribution in [-0.4, -0.2) is 49.2 Å². The third-order valence-electron chi connectivity index (χ3n) is 2.78. The van der Waals surface area contributed by atoms with Crippen molar-refractivity contribution >= 4 is 5.91 Å². The molecule has 0 spiro atoms. The average molecular weight is 239 g/mol. The fraction of sp³-hybridized carbons (Fsp3) is 0.889. The number of piperidine rings is 1. The molecule has 7 heteroatoms. The lowest BCUT2D eigenvalue weighted by Gasteiger charge is -2.39. The number of nitrogens with zero attached hydrogens (tertiary/aromatic N) is 1. The van der Waals surface area contributed by atoms with Crippen LogP contribution in [0.15, 0.2) is 0 Å². The number of carbonyl (C=O) groups is 1. The molecule has 1 fully saturated rings. The standard InChI is InChI=1S/C9H16F3N3O/c1-15-4-2-3-8(6-15,7(13)16)14-5-9(10,11)12/h14H,2-6H2,1H3,(H2,13,16). The lowest BCUT2D eigenvalue weighted by atomic mass is 9.88. The van der Waals surface area contributed by atoms with Crippen molar-refractivity contribution < 1.29 is 18.0 Å². The van der Waals surface area contributed by atoms with Crippen LogP contribution in [0.1, 0.15) is 12.8 Å². The summed E-state index contributed by atoms with van der Waals surface area (Å²) in [6.45, 7) is -0.203. The van der Waals surface area contributed by atoms with Crippen LogP contribution in [-0.2, 0) is 4.79 Å². The molecule has 1 rings (SSSR count). The van der Waals surface area contributed by atoms with Crippen molar-refractivity contribution in [2.24, 2.45) is 5.73 Å². The van der Waals surface area contributed by atoms with Gasteiger partial charge in [0.1, 0.15) is 5.54 Å². The third-order valence-corrected chi connectivity index (χ3v) is 2.78. The maximum atomic E-state index is 12.1. The molecule has 1 aliphatic heterocycles. The number of amides is 1. The van der Waals surface area contributed by atoms with E-state index in [1.165, 1.54) is 0 Å². The van der Waals surface area contributed by atoms with Gasteiger partial charge in [0.15, 0.2) is 0 Å². The Bertz CT molecular complexity index is 269. The molecule has 0 radical (unpaired) electrons. The van der Waals surface area contributed by atoms with Crippen molar-refractivity contribution in [1.82, 2.24) is 10.2 Å². The molecule has 1 unspecified atom stereocenters. The Hall–Kier alpha value is -0.820. The van der Waals surface area contributed by atoms with Crippen molar-refractivity contribution in [2.45, 2.75) is 24.6 Å². The van der Waals surface area contributed by atoms with Crippen LogP contribution in [0.25, 0.3) is 0 Å². The molecule has 0 aromatic heterocycles. The van der Waals surface area contributed by atoms with Crippen molar-refractivity contribution in [2.75, 3.05) is 26.7 Å². The predicted molar refractivity (Wildman–Crippen MR) is 52.7 cm³/mol. The second-order valence-corrected chi connectivity index (χ2v) is 4.26. The van der Waals surface area contributed by atoms with E-state index in [4.69, 9.17) is 5.73 Å². The number of alkyl halides is 3. The largest absolute Gasteiger partial charge is 0.401 e. The normalized spacial score (nSPS) is 28.0. The van der Waals surface area contributed by atoms with Crippen LogP contribution in [0, 0.1) is 0 Å². The highest BCUT2D eigenvalue weighted by molar-refractivity contribution is 5.85. The fourth-order valence-corrected chi connectivity index (χ4v) is 1.97. The van der Waals surface area contributed by atoms with E-state index < -0.39 is 24.2 Å². The molecule has 0 aromatic carbocycles. The van der Waals surface area contributed by atoms with Crippen molar-refractivity contribution in [1.29, 1.82) is 0 Å². The van der Waals surface area contributed by atoms with Gasteiger partial charge in [-0.05, 0) is 26.4 Å². The molecular weight excluding hydrogens is 223 g/mol. The molecule has 0 bridgehead atoms. The van der Waals surface area contributed by atoms with E-state index in [1.807, 2.05) is 0 Å². The number of carbonyl (C=O) groups excluding carboxylic acids is 1. The number of hydrogen-bond acceptors (Lipinski definition) is 3. The van der Waals surface area contributed by atoms with Crippen molar-refractivity contribution in [3.8, 4) is 0 Å². The van der Waals surface area contributed by atoms with Gasteiger partial charge in [0, 0.05) is 6.54 Å². The summed E-state index contributed by atoms with van der Waals surface area (Å²) in [7, 11) is 1.76. The van der Waals surface area contributed by atoms with Crippen LogP contribution >= 0.6 is 0 Å². The lowest BCUT2D eigenvalue weighted by Crippen LogP contribution is -2.64. The first-order valence-electron chi connectivity index (χ1n) is 5.05. The smallest absolute Gasteiger partial charge is 0.368 e. The quantitative estimate of drug-likeness (QED) is 0.733. The van der Waals surface area contributed by atoms with Gasteiger partial charge in [-0.2, -0.15) is 13.2 Å². The topological polar surface area (TPSA) is 58.4 Å². The van der Waals surface area contributed by atoms with Gasteiger partial charge in [-0.1, -0.05) is 0 Å². The number of likely N-dealkylation sites (N-methyl/N-ethyl adjacent to an activating group) is 1. The maximum absolute atomic E-state index is 12.1. The Labute approximate surface area is 92.0 Å². The molecule has 1 saturated heterocycles. The van der Waals surface area contributed by atoms with Gasteiger partial charge in [0.05, 0.1) is 6.54 Å². The molecule has 1 heterocycles. The van der Waals surface area contributed by atoms with Crippen molar-refractivity contribution in [3.63, 3.8) is 0 Å². The first kappa shape index (κ1) is 13.2. The Morgan fingerprint density at radius 3 is 2.62 bits per heavy atom. The minimum absolute atomic E-state index is 0.221. The van der Waals surface area contributed by atoms with E-state index in [0.29, 0.717) is 12.8 Å². The number of primary amides is 1. The van der Waals surface area contributed by atoms with Gasteiger partial charge in [-0.3, -0.25) is 10.1 Å². The second kappa shape index (κ2) is 4.58. The van der Waals surface area contributed by atoms with Gasteiger partial charge >= 0.3 is 6.18 Å². The number of rotatable bonds is 3. The summed E-state index contributed by atoms with van der Waals surface area (Å²) < 4.78 is 36.3. The number of nitrogens with two attached hydrogens (primary N) is 1. The first-order valence-corrected chi connectivity index (χ1v) is 5.05. The van der Waals surface area contributed by atoms with Gasteiger partial charge in [0.2, 0.25) is 5.91 Å². The molecular formula is C9H16F3N3O. The summed E-state index contributed by atoms with van der Waals surface area (Å²) >= 11 is 0. The summed E-state index contributed by atoms with van der Waals surface area (Å²) in [4.78, 5) is 13.1. The Balaban J connectivity index is 2.69. The van der Waals surface area contributed by atoms with Crippen LogP contribution in [0.5, 0.6) is 0 Å². The minimum atomic E-state index is -4.33. The zero-order valence-electron chi connectivity index (χ0n) is 9.10. The molecule has 4 nitrogen and oxygen atoms in total. The molecule has 1 amide bonds. The van der Waals surface area contributed by atoms with E-state index >= 15 is 0 Å². The van der Waals surface area contributed by atoms with Crippen LogP contribution in [0.3, 0.4) is 0 Å². The zero-order chi connectivity index (χ0) is 12.4. The highest BCUT2D eigenvalue weighted by atomic mass is 19.4. The van der Waals surface area contributed by atoms with E-state index in [1.54, 1.807) is 11.9 Å². The van der Waals surface area contributed by atoms with Gasteiger partial charge in [-0.15, -0.1) is 0 Å². The monoisotopic (exact) mass is 239 g/mol. The lowest BCUT2D eigenvalue weighted by molar-refractivity contribution is -0.138. The summed E-state index contributed by atoms with van der Waals surface area (Å²) in [6, 6.07) is 0. The molecule has 1 atom stereocenters. The van der Waals surface area contributed by atoms with Crippen LogP contribution < -0.4 is 11.1 Å². The van der Waals surface area contributed by atoms with Gasteiger partial charge in [0.25, 0.3) is 0 Å². The van der Waals surface area contributed by atoms with Crippen LogP contribution in [0.4, 0.5) is 13.2 Å². The fourth-order valence-electron chi connectivity index (χ4n) is 1.97. The summed E-state index contributed by atoms with van der Waals surface area (Å²) in [5.41, 5.74) is 3.95. The van der Waals surface area contributed by atoms with E-state index in [2.05, 4.69) is 5.32 Å². The molecule has 3 N–H and O–H groups in total. The number of likely N-dealkylation sites (tertiary alicyclic amines) is 1. The second-order valence-electron chi connectivity index (χ2n) is 4.26. The zero-order valence-corrected chi connectivity index (χ0v) is 9.10. The molecule has 0 saturated carbocycles. The van der Waals surface area contributed by atoms with Crippen molar-refractivity contribution in [3.05, 3.63) is 0 Å². The summed E-state index contributed by atoms with van der Waals surface area (Å²) in [5.74, 6) is -0.719. The third kappa shape index (κ3) is 3.34. The summed E-state index contributed by atoms with van der Waals surface area (Å²) in [5, 5.41) is 2.26. The average Bonchev–Trinajstić information content (AvgIpc) is 2.13. The highest BCUT2D eigenvalue weighted by Gasteiger charge is 2.42. The van der Waals surface area contributed by atoms with E-state index in [0.717, 1.165) is 6.54 Å². The Morgan fingerprint density at radius 2 is 2.19 bits per heavy atom. The molecule has 94 valence electrons. The Morgan fingerprint density at radius 1 is 1.56 bits per heavy atom. The van der Waals surface area contributed by atoms with E-state index in [9.17, 15) is 18.0 Å². The Kier molecular flexibility index (Phi) is 3.80. The SMILES string of the molecule is CN1CCCC(NCC(F)(F)F)(C(N)=O)C1. The number of halogens is 3. The van der Waals surface area contributed by atoms with Gasteiger partial charge in [-0.25, -0.2) is 0 Å². The van der Waals surface area contributed by atoms with E-state index in [-0.39, 0.29) is 6.54 Å². The molecule has 1 aliphatic rings. The predicted octanol–water partition coefficient (Wildman–Crippen LogP) is 0.0880. The van der Waals surface area contributed by atoms with Crippen LogP contribution in [0.2, 0.25) is 0 Å². The maximum Gasteiger partial charge on any atom is 0.401 e. The van der Waals surface area contributed by atoms with Gasteiger partial charge < -0.3 is 10.6 Å². The first-order chi connectivity index (χ1) is 7.25.